The van der Waals surface area contributed by atoms with E-state index in [2.05, 4.69) is 12.6 Å². The van der Waals surface area contributed by atoms with Gasteiger partial charge in [-0.3, -0.25) is 0 Å². The molecule has 13 heteroatoms. The zero-order valence-electron chi connectivity index (χ0n) is 20.8. The van der Waals surface area contributed by atoms with Crippen molar-refractivity contribution in [3.8, 4) is 0 Å². The second kappa shape index (κ2) is 10.8. The molecule has 0 radical (unpaired) electrons. The monoisotopic (exact) mass is 600 g/mol. The predicted octanol–water partition coefficient (Wildman–Crippen LogP) is 4.10. The smallest absolute Gasteiger partial charge is 0.376 e. The number of halogens is 3. The Morgan fingerprint density at radius 2 is 1.49 bits per heavy atom. The van der Waals surface area contributed by atoms with Crippen LogP contribution in [0.3, 0.4) is 0 Å². The summed E-state index contributed by atoms with van der Waals surface area (Å²) in [6, 6.07) is 18.0. The van der Waals surface area contributed by atoms with E-state index >= 15 is 0 Å². The SMILES string of the molecule is C[C@](O)(c1ccc(N2CCN(S(=O)(=O)c3ccccc3S)C[C@@H]2CS(=O)(=O)c2ccccc2)cc1)C(F)(F)F. The summed E-state index contributed by atoms with van der Waals surface area (Å²) in [6.45, 7) is 0.561. The number of hydrogen-bond donors (Lipinski definition) is 2. The molecule has 1 saturated heterocycles. The van der Waals surface area contributed by atoms with Gasteiger partial charge in [0.15, 0.2) is 15.4 Å². The number of rotatable bonds is 7. The predicted molar refractivity (Wildman–Crippen MR) is 144 cm³/mol. The van der Waals surface area contributed by atoms with E-state index in [9.17, 15) is 35.1 Å². The third-order valence-electron chi connectivity index (χ3n) is 6.76. The van der Waals surface area contributed by atoms with Gasteiger partial charge in [-0.25, -0.2) is 16.8 Å². The first-order valence-corrected chi connectivity index (χ1v) is 15.4. The van der Waals surface area contributed by atoms with E-state index in [1.54, 1.807) is 41.3 Å². The average molecular weight is 601 g/mol. The van der Waals surface area contributed by atoms with Crippen molar-refractivity contribution in [3.05, 3.63) is 84.4 Å². The number of benzene rings is 3. The zero-order valence-corrected chi connectivity index (χ0v) is 23.3. The number of alkyl halides is 3. The number of thiol groups is 1. The maximum Gasteiger partial charge on any atom is 0.421 e. The summed E-state index contributed by atoms with van der Waals surface area (Å²) in [5, 5.41) is 10.0. The summed E-state index contributed by atoms with van der Waals surface area (Å²) in [7, 11) is -7.88. The molecule has 39 heavy (non-hydrogen) atoms. The van der Waals surface area contributed by atoms with Crippen molar-refractivity contribution in [1.29, 1.82) is 0 Å². The highest BCUT2D eigenvalue weighted by Gasteiger charge is 2.51. The quantitative estimate of drug-likeness (QED) is 0.397. The Kier molecular flexibility index (Phi) is 8.12. The number of nitrogens with zero attached hydrogens (tertiary/aromatic N) is 2. The maximum absolute atomic E-state index is 13.5. The lowest BCUT2D eigenvalue weighted by molar-refractivity contribution is -0.258. The van der Waals surface area contributed by atoms with Crippen LogP contribution in [0.15, 0.2) is 93.5 Å². The van der Waals surface area contributed by atoms with Crippen molar-refractivity contribution in [3.63, 3.8) is 0 Å². The van der Waals surface area contributed by atoms with Crippen LogP contribution in [0.2, 0.25) is 0 Å². The summed E-state index contributed by atoms with van der Waals surface area (Å²) in [4.78, 5) is 1.98. The number of sulfone groups is 1. The molecule has 1 aliphatic rings. The molecule has 3 aromatic rings. The lowest BCUT2D eigenvalue weighted by atomic mass is 9.95. The zero-order chi connectivity index (χ0) is 28.6. The van der Waals surface area contributed by atoms with E-state index in [1.807, 2.05) is 0 Å². The minimum absolute atomic E-state index is 0.00828. The molecular weight excluding hydrogens is 573 g/mol. The van der Waals surface area contributed by atoms with E-state index in [-0.39, 0.29) is 39.9 Å². The lowest BCUT2D eigenvalue weighted by Crippen LogP contribution is -2.57. The Morgan fingerprint density at radius 1 is 0.897 bits per heavy atom. The molecule has 0 amide bonds. The molecule has 1 heterocycles. The van der Waals surface area contributed by atoms with Crippen LogP contribution < -0.4 is 4.90 Å². The maximum atomic E-state index is 13.5. The molecule has 0 aromatic heterocycles. The lowest BCUT2D eigenvalue weighted by Gasteiger charge is -2.42. The van der Waals surface area contributed by atoms with Gasteiger partial charge in [-0.2, -0.15) is 17.5 Å². The molecular formula is C26H27F3N2O5S3. The van der Waals surface area contributed by atoms with E-state index in [1.165, 1.54) is 34.6 Å². The summed E-state index contributed by atoms with van der Waals surface area (Å²) in [6.07, 6.45) is -4.90. The third kappa shape index (κ3) is 5.97. The molecule has 0 saturated carbocycles. The van der Waals surface area contributed by atoms with Crippen LogP contribution in [-0.4, -0.2) is 63.9 Å². The number of piperazine rings is 1. The van der Waals surface area contributed by atoms with Crippen molar-refractivity contribution in [2.24, 2.45) is 0 Å². The van der Waals surface area contributed by atoms with Gasteiger partial charge in [0.1, 0.15) is 0 Å². The van der Waals surface area contributed by atoms with Crippen LogP contribution in [-0.2, 0) is 25.5 Å². The van der Waals surface area contributed by atoms with Crippen molar-refractivity contribution < 1.29 is 35.1 Å². The Hall–Kier alpha value is -2.58. The van der Waals surface area contributed by atoms with Crippen LogP contribution in [0, 0.1) is 0 Å². The van der Waals surface area contributed by atoms with Gasteiger partial charge in [-0.05, 0) is 48.9 Å². The summed E-state index contributed by atoms with van der Waals surface area (Å²) >= 11 is 4.27. The van der Waals surface area contributed by atoms with E-state index in [4.69, 9.17) is 0 Å². The second-order valence-corrected chi connectivity index (χ2v) is 13.8. The molecule has 0 aliphatic carbocycles. The van der Waals surface area contributed by atoms with Gasteiger partial charge >= 0.3 is 6.18 Å². The summed E-state index contributed by atoms with van der Waals surface area (Å²) in [5.41, 5.74) is -3.05. The number of anilines is 1. The van der Waals surface area contributed by atoms with Crippen molar-refractivity contribution in [2.45, 2.75) is 39.4 Å². The highest BCUT2D eigenvalue weighted by molar-refractivity contribution is 7.91. The van der Waals surface area contributed by atoms with Gasteiger partial charge in [0.05, 0.1) is 21.6 Å². The molecule has 1 N–H and O–H groups in total. The molecule has 210 valence electrons. The number of hydrogen-bond acceptors (Lipinski definition) is 7. The minimum Gasteiger partial charge on any atom is -0.376 e. The van der Waals surface area contributed by atoms with Gasteiger partial charge in [0.25, 0.3) is 0 Å². The van der Waals surface area contributed by atoms with Crippen LogP contribution in [0.25, 0.3) is 0 Å². The van der Waals surface area contributed by atoms with Gasteiger partial charge in [-0.15, -0.1) is 12.6 Å². The number of aliphatic hydroxyl groups is 1. The van der Waals surface area contributed by atoms with Crippen LogP contribution in [0.1, 0.15) is 12.5 Å². The molecule has 1 fully saturated rings. The molecule has 3 aromatic carbocycles. The van der Waals surface area contributed by atoms with Crippen molar-refractivity contribution >= 4 is 38.2 Å². The van der Waals surface area contributed by atoms with E-state index in [0.29, 0.717) is 12.6 Å². The van der Waals surface area contributed by atoms with Crippen LogP contribution in [0.4, 0.5) is 18.9 Å². The Balaban J connectivity index is 1.69. The first kappa shape index (κ1) is 29.4. The van der Waals surface area contributed by atoms with E-state index < -0.39 is 43.4 Å². The minimum atomic E-state index is -4.90. The Bertz CT molecular complexity index is 1530. The molecule has 0 bridgehead atoms. The Morgan fingerprint density at radius 3 is 2.08 bits per heavy atom. The number of sulfonamides is 1. The average Bonchev–Trinajstić information content (AvgIpc) is 2.88. The molecule has 4 rings (SSSR count). The first-order chi connectivity index (χ1) is 18.1. The van der Waals surface area contributed by atoms with Gasteiger partial charge in [0, 0.05) is 30.2 Å². The van der Waals surface area contributed by atoms with Gasteiger partial charge in [-0.1, -0.05) is 42.5 Å². The van der Waals surface area contributed by atoms with Crippen molar-refractivity contribution in [1.82, 2.24) is 4.31 Å². The third-order valence-corrected chi connectivity index (χ3v) is 11.0. The van der Waals surface area contributed by atoms with Crippen LogP contribution in [0.5, 0.6) is 0 Å². The summed E-state index contributed by atoms with van der Waals surface area (Å²) in [5.74, 6) is -0.437. The molecule has 0 spiro atoms. The highest BCUT2D eigenvalue weighted by Crippen LogP contribution is 2.39. The molecule has 1 aliphatic heterocycles. The standard InChI is InChI=1S/C26H27F3N2O5S3/c1-25(32,26(27,28)29)19-11-13-20(14-12-19)31-16-15-30(39(35,36)24-10-6-5-9-23(24)37)17-21(31)18-38(33,34)22-7-3-2-4-8-22/h2-14,21,32,37H,15-18H2,1H3/t21-,25+/m1/s1. The fourth-order valence-corrected chi connectivity index (χ4v) is 8.07. The fourth-order valence-electron chi connectivity index (χ4n) is 4.46. The fraction of sp³-hybridized carbons (Fsp3) is 0.308. The van der Waals surface area contributed by atoms with Gasteiger partial charge < -0.3 is 10.0 Å². The van der Waals surface area contributed by atoms with Crippen molar-refractivity contribution in [2.75, 3.05) is 30.3 Å². The highest BCUT2D eigenvalue weighted by atomic mass is 32.2. The van der Waals surface area contributed by atoms with Gasteiger partial charge in [0.2, 0.25) is 10.0 Å². The second-order valence-electron chi connectivity index (χ2n) is 9.39. The topological polar surface area (TPSA) is 95.0 Å². The largest absolute Gasteiger partial charge is 0.421 e. The first-order valence-electron chi connectivity index (χ1n) is 11.9. The Labute approximate surface area is 231 Å². The van der Waals surface area contributed by atoms with Crippen LogP contribution >= 0.6 is 12.6 Å². The summed E-state index contributed by atoms with van der Waals surface area (Å²) < 4.78 is 94.6. The van der Waals surface area contributed by atoms with E-state index in [0.717, 1.165) is 12.1 Å². The molecule has 0 unspecified atom stereocenters. The normalized spacial score (nSPS) is 19.0. The molecule has 7 nitrogen and oxygen atoms in total. The molecule has 2 atom stereocenters.